The molecule has 0 heterocycles. The third-order valence-electron chi connectivity index (χ3n) is 7.76. The van der Waals surface area contributed by atoms with Crippen molar-refractivity contribution >= 4 is 23.6 Å². The van der Waals surface area contributed by atoms with Gasteiger partial charge in [-0.25, -0.2) is 0 Å². The van der Waals surface area contributed by atoms with E-state index in [9.17, 15) is 0 Å². The summed E-state index contributed by atoms with van der Waals surface area (Å²) in [7, 11) is -2.46. The summed E-state index contributed by atoms with van der Waals surface area (Å²) in [5.74, 6) is 0.456. The largest absolute Gasteiger partial charge is 0.176 e. The fraction of sp³-hybridized carbons (Fsp3) is 0.290. The molecule has 0 saturated carbocycles. The van der Waals surface area contributed by atoms with Crippen LogP contribution in [0.3, 0.4) is 0 Å². The first-order valence-corrected chi connectivity index (χ1v) is 14.1. The smallest absolute Gasteiger partial charge is 0.0636 e. The second-order valence-electron chi connectivity index (χ2n) is 9.30. The molecular weight excluding hydrogens is 400 g/mol. The molecule has 3 aromatic rings. The van der Waals surface area contributed by atoms with E-state index >= 15 is 0 Å². The molecule has 1 unspecified atom stereocenters. The van der Waals surface area contributed by atoms with E-state index in [4.69, 9.17) is 0 Å². The first-order chi connectivity index (χ1) is 15.4. The van der Waals surface area contributed by atoms with E-state index in [0.29, 0.717) is 5.92 Å². The molecule has 0 radical (unpaired) electrons. The normalized spacial score (nSPS) is 16.8. The van der Waals surface area contributed by atoms with Crippen LogP contribution in [-0.2, 0) is 12.8 Å². The van der Waals surface area contributed by atoms with Crippen LogP contribution in [0.2, 0.25) is 0 Å². The van der Waals surface area contributed by atoms with Crippen molar-refractivity contribution in [2.75, 3.05) is 0 Å². The summed E-state index contributed by atoms with van der Waals surface area (Å²) in [5.41, 5.74) is 7.43. The van der Waals surface area contributed by atoms with Gasteiger partial charge in [0.2, 0.25) is 0 Å². The molecule has 0 spiro atoms. The Kier molecular flexibility index (Phi) is 6.39. The van der Waals surface area contributed by atoms with Crippen LogP contribution in [0.15, 0.2) is 101 Å². The van der Waals surface area contributed by atoms with Crippen molar-refractivity contribution in [2.24, 2.45) is 5.92 Å². The summed E-state index contributed by atoms with van der Waals surface area (Å²) in [6.07, 6.45) is 2.14. The van der Waals surface area contributed by atoms with E-state index < -0.39 is 8.07 Å². The van der Waals surface area contributed by atoms with Crippen molar-refractivity contribution in [3.8, 4) is 0 Å². The molecule has 32 heavy (non-hydrogen) atoms. The second kappa shape index (κ2) is 9.08. The van der Waals surface area contributed by atoms with Gasteiger partial charge in [-0.2, -0.15) is 0 Å². The van der Waals surface area contributed by atoms with Crippen LogP contribution in [0, 0.1) is 5.92 Å². The molecule has 0 saturated heterocycles. The van der Waals surface area contributed by atoms with Crippen LogP contribution in [0.1, 0.15) is 52.7 Å². The van der Waals surface area contributed by atoms with Crippen LogP contribution in [0.25, 0.3) is 0 Å². The van der Waals surface area contributed by atoms with Gasteiger partial charge >= 0.3 is 0 Å². The minimum Gasteiger partial charge on any atom is -0.0636 e. The Morgan fingerprint density at radius 2 is 1.09 bits per heavy atom. The highest BCUT2D eigenvalue weighted by Gasteiger charge is 2.48. The number of allylic oxidation sites excluding steroid dienone is 4. The van der Waals surface area contributed by atoms with Gasteiger partial charge in [0.15, 0.2) is 8.07 Å². The fourth-order valence-electron chi connectivity index (χ4n) is 5.70. The Morgan fingerprint density at radius 3 is 1.47 bits per heavy atom. The van der Waals surface area contributed by atoms with Crippen molar-refractivity contribution in [3.63, 3.8) is 0 Å². The van der Waals surface area contributed by atoms with E-state index in [1.807, 2.05) is 0 Å². The molecule has 0 aliphatic heterocycles. The fourth-order valence-corrected chi connectivity index (χ4v) is 11.4. The highest BCUT2D eigenvalue weighted by Crippen LogP contribution is 2.41. The predicted molar refractivity (Wildman–Crippen MR) is 143 cm³/mol. The molecule has 3 aromatic carbocycles. The number of aryl methyl sites for hydroxylation is 2. The highest BCUT2D eigenvalue weighted by molar-refractivity contribution is 7.16. The summed E-state index contributed by atoms with van der Waals surface area (Å²) in [5, 5.41) is 6.19. The monoisotopic (exact) mass is 436 g/mol. The van der Waals surface area contributed by atoms with Crippen LogP contribution in [-0.4, -0.2) is 8.07 Å². The predicted octanol–water partition coefficient (Wildman–Crippen LogP) is 6.12. The lowest BCUT2D eigenvalue weighted by molar-refractivity contribution is 0.851. The van der Waals surface area contributed by atoms with Crippen molar-refractivity contribution in [1.29, 1.82) is 0 Å². The summed E-state index contributed by atoms with van der Waals surface area (Å²) in [6.45, 7) is 14.0. The second-order valence-corrected chi connectivity index (χ2v) is 13.1. The topological polar surface area (TPSA) is 0 Å². The molecule has 0 nitrogen and oxygen atoms in total. The Bertz CT molecular complexity index is 1100. The van der Waals surface area contributed by atoms with Crippen LogP contribution < -0.4 is 15.6 Å². The maximum absolute atomic E-state index is 2.53. The van der Waals surface area contributed by atoms with Gasteiger partial charge < -0.3 is 0 Å². The maximum Gasteiger partial charge on any atom is 0.176 e. The van der Waals surface area contributed by atoms with Gasteiger partial charge in [-0.15, -0.1) is 0 Å². The quantitative estimate of drug-likeness (QED) is 0.322. The third kappa shape index (κ3) is 3.53. The molecule has 1 heteroatoms. The van der Waals surface area contributed by atoms with E-state index in [2.05, 4.69) is 120 Å². The van der Waals surface area contributed by atoms with Gasteiger partial charge in [0, 0.05) is 0 Å². The summed E-state index contributed by atoms with van der Waals surface area (Å²) in [4.78, 5) is 0. The van der Waals surface area contributed by atoms with Gasteiger partial charge in [-0.1, -0.05) is 116 Å². The molecule has 164 valence electrons. The van der Waals surface area contributed by atoms with Crippen molar-refractivity contribution < 1.29 is 0 Å². The van der Waals surface area contributed by atoms with Crippen LogP contribution >= 0.6 is 0 Å². The lowest BCUT2D eigenvalue weighted by Crippen LogP contribution is -2.69. The van der Waals surface area contributed by atoms with Gasteiger partial charge in [-0.05, 0) is 71.8 Å². The zero-order chi connectivity index (χ0) is 22.9. The van der Waals surface area contributed by atoms with E-state index in [1.165, 1.54) is 43.4 Å². The van der Waals surface area contributed by atoms with Crippen molar-refractivity contribution in [3.05, 3.63) is 112 Å². The molecule has 1 aliphatic carbocycles. The number of hydrogen-bond donors (Lipinski definition) is 0. The first-order valence-electron chi connectivity index (χ1n) is 12.1. The molecule has 1 aliphatic rings. The van der Waals surface area contributed by atoms with Crippen LogP contribution in [0.5, 0.6) is 0 Å². The average molecular weight is 437 g/mol. The maximum atomic E-state index is 2.53. The Balaban J connectivity index is 2.19. The standard InChI is InChI=1S/C31H36Si/c1-7-26-19-27(8-2)21-30(20-26)32(28-15-11-9-12-16-28,29-17-13-10-14-18-29)31-24(5)22(3)23(4)25(31)6/h9-21,24H,7-8H2,1-6H3. The SMILES string of the molecule is CCc1cc(CC)cc([Si](C2=C(C)C(C)=C(C)C2C)(c2ccccc2)c2ccccc2)c1. The summed E-state index contributed by atoms with van der Waals surface area (Å²) < 4.78 is 0. The van der Waals surface area contributed by atoms with Gasteiger partial charge in [0.1, 0.15) is 0 Å². The lowest BCUT2D eigenvalue weighted by atomic mass is 10.1. The first kappa shape index (κ1) is 22.5. The number of hydrogen-bond acceptors (Lipinski definition) is 0. The highest BCUT2D eigenvalue weighted by atomic mass is 28.3. The van der Waals surface area contributed by atoms with Gasteiger partial charge in [0.05, 0.1) is 0 Å². The minimum absolute atomic E-state index is 0.456. The number of benzene rings is 3. The third-order valence-corrected chi connectivity index (χ3v) is 12.9. The summed E-state index contributed by atoms with van der Waals surface area (Å²) >= 11 is 0. The van der Waals surface area contributed by atoms with Gasteiger partial charge in [-0.3, -0.25) is 0 Å². The Morgan fingerprint density at radius 1 is 0.625 bits per heavy atom. The van der Waals surface area contributed by atoms with Crippen molar-refractivity contribution in [2.45, 2.75) is 54.4 Å². The molecule has 4 rings (SSSR count). The molecule has 0 N–H and O–H groups in total. The average Bonchev–Trinajstić information content (AvgIpc) is 3.04. The number of rotatable bonds is 6. The lowest BCUT2D eigenvalue weighted by Gasteiger charge is -2.39. The minimum atomic E-state index is -2.46. The van der Waals surface area contributed by atoms with Gasteiger partial charge in [0.25, 0.3) is 0 Å². The van der Waals surface area contributed by atoms with Crippen LogP contribution in [0.4, 0.5) is 0 Å². The van der Waals surface area contributed by atoms with E-state index in [-0.39, 0.29) is 0 Å². The van der Waals surface area contributed by atoms with Crippen molar-refractivity contribution in [1.82, 2.24) is 0 Å². The molecule has 0 fully saturated rings. The zero-order valence-electron chi connectivity index (χ0n) is 20.5. The van der Waals surface area contributed by atoms with E-state index in [1.54, 1.807) is 5.20 Å². The Labute approximate surface area is 195 Å². The molecule has 0 amide bonds. The molecule has 0 aromatic heterocycles. The van der Waals surface area contributed by atoms with E-state index in [0.717, 1.165) is 12.8 Å². The molecular formula is C31H36Si. The molecule has 1 atom stereocenters. The zero-order valence-corrected chi connectivity index (χ0v) is 21.5. The Hall–Kier alpha value is -2.64. The molecule has 0 bridgehead atoms. The summed E-state index contributed by atoms with van der Waals surface area (Å²) in [6, 6.07) is 30.2.